The number of fused-ring (bicyclic) bond motifs is 1. The van der Waals surface area contributed by atoms with Gasteiger partial charge in [0, 0.05) is 19.1 Å². The molecule has 18 heavy (non-hydrogen) atoms. The Morgan fingerprint density at radius 1 is 1.17 bits per heavy atom. The SMILES string of the molecule is CCOC(OCC)c1nn2c(C(C)C)nnc2s1. The Morgan fingerprint density at radius 3 is 2.39 bits per heavy atom. The van der Waals surface area contributed by atoms with Crippen molar-refractivity contribution in [2.45, 2.75) is 39.9 Å². The summed E-state index contributed by atoms with van der Waals surface area (Å²) in [5.41, 5.74) is 0. The summed E-state index contributed by atoms with van der Waals surface area (Å²) < 4.78 is 12.8. The lowest BCUT2D eigenvalue weighted by molar-refractivity contribution is -0.140. The fraction of sp³-hybridized carbons (Fsp3) is 0.727. The molecule has 0 saturated heterocycles. The van der Waals surface area contributed by atoms with Crippen molar-refractivity contribution < 1.29 is 9.47 Å². The molecule has 0 N–H and O–H groups in total. The van der Waals surface area contributed by atoms with Gasteiger partial charge in [-0.25, -0.2) is 0 Å². The number of nitrogens with zero attached hydrogens (tertiary/aromatic N) is 4. The average Bonchev–Trinajstić information content (AvgIpc) is 2.87. The van der Waals surface area contributed by atoms with Gasteiger partial charge in [0.05, 0.1) is 0 Å². The van der Waals surface area contributed by atoms with Gasteiger partial charge in [-0.1, -0.05) is 25.2 Å². The van der Waals surface area contributed by atoms with Crippen molar-refractivity contribution in [3.8, 4) is 0 Å². The average molecular weight is 270 g/mol. The molecule has 7 heteroatoms. The Morgan fingerprint density at radius 2 is 1.83 bits per heavy atom. The summed E-state index contributed by atoms with van der Waals surface area (Å²) in [6, 6.07) is 0. The van der Waals surface area contributed by atoms with E-state index in [1.165, 1.54) is 11.3 Å². The maximum Gasteiger partial charge on any atom is 0.234 e. The van der Waals surface area contributed by atoms with Gasteiger partial charge in [0.15, 0.2) is 10.8 Å². The summed E-state index contributed by atoms with van der Waals surface area (Å²) in [5, 5.41) is 13.5. The van der Waals surface area contributed by atoms with E-state index in [1.807, 2.05) is 13.8 Å². The van der Waals surface area contributed by atoms with Gasteiger partial charge in [-0.3, -0.25) is 0 Å². The van der Waals surface area contributed by atoms with Crippen LogP contribution >= 0.6 is 11.3 Å². The zero-order valence-electron chi connectivity index (χ0n) is 11.1. The molecular formula is C11H18N4O2S. The second-order valence-electron chi connectivity index (χ2n) is 4.09. The minimum atomic E-state index is -0.410. The topological polar surface area (TPSA) is 61.5 Å². The second-order valence-corrected chi connectivity index (χ2v) is 5.08. The van der Waals surface area contributed by atoms with E-state index in [-0.39, 0.29) is 5.92 Å². The van der Waals surface area contributed by atoms with Crippen LogP contribution in [0, 0.1) is 0 Å². The first-order chi connectivity index (χ1) is 8.67. The van der Waals surface area contributed by atoms with Gasteiger partial charge in [-0.2, -0.15) is 9.61 Å². The summed E-state index contributed by atoms with van der Waals surface area (Å²) >= 11 is 1.45. The van der Waals surface area contributed by atoms with E-state index in [4.69, 9.17) is 9.47 Å². The van der Waals surface area contributed by atoms with Crippen molar-refractivity contribution in [3.05, 3.63) is 10.8 Å². The zero-order valence-corrected chi connectivity index (χ0v) is 11.9. The van der Waals surface area contributed by atoms with Crippen LogP contribution in [-0.2, 0) is 9.47 Å². The monoisotopic (exact) mass is 270 g/mol. The molecule has 0 aliphatic heterocycles. The van der Waals surface area contributed by atoms with Crippen molar-refractivity contribution in [3.63, 3.8) is 0 Å². The lowest BCUT2D eigenvalue weighted by Gasteiger charge is -2.13. The van der Waals surface area contributed by atoms with Crippen molar-refractivity contribution in [1.82, 2.24) is 19.8 Å². The van der Waals surface area contributed by atoms with Crippen LogP contribution < -0.4 is 0 Å². The Kier molecular flexibility index (Phi) is 4.26. The molecule has 0 aliphatic rings. The van der Waals surface area contributed by atoms with E-state index in [0.29, 0.717) is 13.2 Å². The van der Waals surface area contributed by atoms with E-state index in [9.17, 15) is 0 Å². The van der Waals surface area contributed by atoms with Crippen LogP contribution in [0.15, 0.2) is 0 Å². The first kappa shape index (κ1) is 13.4. The Hall–Kier alpha value is -1.05. The summed E-state index contributed by atoms with van der Waals surface area (Å²) in [6.45, 7) is 9.18. The van der Waals surface area contributed by atoms with Crippen LogP contribution in [-0.4, -0.2) is 33.0 Å². The Balaban J connectivity index is 2.33. The molecular weight excluding hydrogens is 252 g/mol. The van der Waals surface area contributed by atoms with Gasteiger partial charge < -0.3 is 9.47 Å². The molecule has 0 fully saturated rings. The molecule has 0 saturated carbocycles. The van der Waals surface area contributed by atoms with E-state index < -0.39 is 6.29 Å². The smallest absolute Gasteiger partial charge is 0.234 e. The third-order valence-electron chi connectivity index (χ3n) is 2.38. The highest BCUT2D eigenvalue weighted by molar-refractivity contribution is 7.16. The maximum atomic E-state index is 5.53. The van der Waals surface area contributed by atoms with Gasteiger partial charge in [0.25, 0.3) is 0 Å². The molecule has 0 aromatic carbocycles. The maximum absolute atomic E-state index is 5.53. The van der Waals surface area contributed by atoms with Crippen LogP contribution in [0.2, 0.25) is 0 Å². The van der Waals surface area contributed by atoms with Crippen LogP contribution in [0.5, 0.6) is 0 Å². The van der Waals surface area contributed by atoms with Crippen molar-refractivity contribution in [2.75, 3.05) is 13.2 Å². The predicted octanol–water partition coefficient (Wildman–Crippen LogP) is 2.38. The van der Waals surface area contributed by atoms with E-state index in [2.05, 4.69) is 29.1 Å². The zero-order chi connectivity index (χ0) is 13.1. The van der Waals surface area contributed by atoms with Crippen LogP contribution in [0.4, 0.5) is 0 Å². The van der Waals surface area contributed by atoms with Gasteiger partial charge in [-0.15, -0.1) is 10.2 Å². The van der Waals surface area contributed by atoms with Crippen LogP contribution in [0.25, 0.3) is 4.96 Å². The normalized spacial score (nSPS) is 12.1. The third kappa shape index (κ3) is 2.52. The van der Waals surface area contributed by atoms with Gasteiger partial charge in [-0.05, 0) is 13.8 Å². The molecule has 100 valence electrons. The molecule has 0 aliphatic carbocycles. The summed E-state index contributed by atoms with van der Waals surface area (Å²) in [4.78, 5) is 0.776. The second kappa shape index (κ2) is 5.73. The highest BCUT2D eigenvalue weighted by atomic mass is 32.1. The third-order valence-corrected chi connectivity index (χ3v) is 3.31. The molecule has 0 unspecified atom stereocenters. The number of rotatable bonds is 6. The van der Waals surface area contributed by atoms with Crippen LogP contribution in [0.1, 0.15) is 50.7 Å². The van der Waals surface area contributed by atoms with Gasteiger partial charge >= 0.3 is 0 Å². The summed E-state index contributed by atoms with van der Waals surface area (Å²) in [5.74, 6) is 1.15. The number of aromatic nitrogens is 4. The van der Waals surface area contributed by atoms with Crippen LogP contribution in [0.3, 0.4) is 0 Å². The lowest BCUT2D eigenvalue weighted by atomic mass is 10.2. The molecule has 6 nitrogen and oxygen atoms in total. The minimum Gasteiger partial charge on any atom is -0.347 e. The molecule has 0 amide bonds. The lowest BCUT2D eigenvalue weighted by Crippen LogP contribution is -2.09. The Bertz CT molecular complexity index is 502. The molecule has 0 radical (unpaired) electrons. The summed E-state index contributed by atoms with van der Waals surface area (Å²) in [6.07, 6.45) is -0.410. The molecule has 0 atom stereocenters. The number of ether oxygens (including phenoxy) is 2. The van der Waals surface area contributed by atoms with Crippen molar-refractivity contribution >= 4 is 16.3 Å². The standard InChI is InChI=1S/C11H18N4O2S/c1-5-16-10(17-6-2)9-14-15-8(7(3)4)12-13-11(15)18-9/h7,10H,5-6H2,1-4H3. The predicted molar refractivity (Wildman–Crippen MR) is 68.7 cm³/mol. The summed E-state index contributed by atoms with van der Waals surface area (Å²) in [7, 11) is 0. The first-order valence-corrected chi connectivity index (χ1v) is 6.94. The highest BCUT2D eigenvalue weighted by Gasteiger charge is 2.20. The van der Waals surface area contributed by atoms with E-state index in [0.717, 1.165) is 15.8 Å². The molecule has 0 bridgehead atoms. The quantitative estimate of drug-likeness (QED) is 0.754. The molecule has 0 spiro atoms. The van der Waals surface area contributed by atoms with E-state index in [1.54, 1.807) is 4.52 Å². The van der Waals surface area contributed by atoms with Crippen molar-refractivity contribution in [1.29, 1.82) is 0 Å². The first-order valence-electron chi connectivity index (χ1n) is 6.12. The molecule has 2 aromatic heterocycles. The largest absolute Gasteiger partial charge is 0.347 e. The minimum absolute atomic E-state index is 0.285. The Labute approximate surface area is 110 Å². The fourth-order valence-electron chi connectivity index (χ4n) is 1.60. The number of hydrogen-bond donors (Lipinski definition) is 0. The van der Waals surface area contributed by atoms with E-state index >= 15 is 0 Å². The molecule has 2 heterocycles. The van der Waals surface area contributed by atoms with Crippen molar-refractivity contribution in [2.24, 2.45) is 0 Å². The fourth-order valence-corrected chi connectivity index (χ4v) is 2.44. The molecule has 2 rings (SSSR count). The van der Waals surface area contributed by atoms with Gasteiger partial charge in [0.2, 0.25) is 11.3 Å². The molecule has 2 aromatic rings. The van der Waals surface area contributed by atoms with Gasteiger partial charge in [0.1, 0.15) is 0 Å². The number of hydrogen-bond acceptors (Lipinski definition) is 6. The highest BCUT2D eigenvalue weighted by Crippen LogP contribution is 2.25.